The highest BCUT2D eigenvalue weighted by atomic mass is 16.2. The molecule has 4 N–H and O–H groups in total. The number of likely N-dealkylation sites (N-methyl/N-ethyl adjacent to an activating group) is 1. The fourth-order valence-electron chi connectivity index (χ4n) is 0.488. The van der Waals surface area contributed by atoms with Gasteiger partial charge in [-0.15, -0.1) is 0 Å². The van der Waals surface area contributed by atoms with Gasteiger partial charge in [-0.05, 0) is 0 Å². The van der Waals surface area contributed by atoms with Crippen LogP contribution in [0.3, 0.4) is 0 Å². The van der Waals surface area contributed by atoms with Crippen LogP contribution in [-0.2, 0) is 4.79 Å². The number of quaternary nitrogens is 1. The normalized spacial score (nSPS) is 13.4. The monoisotopic (exact) mass is 131 g/mol. The first kappa shape index (κ1) is 8.43. The molecule has 0 aromatic rings. The molecule has 0 saturated heterocycles. The lowest BCUT2D eigenvalue weighted by Gasteiger charge is -2.08. The van der Waals surface area contributed by atoms with E-state index < -0.39 is 0 Å². The summed E-state index contributed by atoms with van der Waals surface area (Å²) >= 11 is 0. The lowest BCUT2D eigenvalue weighted by atomic mass is 10.1. The van der Waals surface area contributed by atoms with Gasteiger partial charge in [0.05, 0.1) is 0 Å². The van der Waals surface area contributed by atoms with Gasteiger partial charge in [-0.1, -0.05) is 13.8 Å². The minimum Gasteiger partial charge on any atom is -0.354 e. The van der Waals surface area contributed by atoms with Gasteiger partial charge in [0, 0.05) is 13.0 Å². The molecule has 0 aliphatic rings. The molecule has 0 bridgehead atoms. The van der Waals surface area contributed by atoms with Crippen molar-refractivity contribution in [2.45, 2.75) is 19.9 Å². The topological polar surface area (TPSA) is 56.7 Å². The highest BCUT2D eigenvalue weighted by Gasteiger charge is 2.18. The van der Waals surface area contributed by atoms with Crippen LogP contribution in [0.4, 0.5) is 0 Å². The molecule has 54 valence electrons. The predicted octanol–water partition coefficient (Wildman–Crippen LogP) is -1.00. The lowest BCUT2D eigenvalue weighted by Crippen LogP contribution is -2.69. The maximum absolute atomic E-state index is 10.8. The highest BCUT2D eigenvalue weighted by Crippen LogP contribution is 1.94. The van der Waals surface area contributed by atoms with Gasteiger partial charge in [0.15, 0.2) is 6.04 Å². The predicted molar refractivity (Wildman–Crippen MR) is 35.6 cm³/mol. The zero-order valence-corrected chi connectivity index (χ0v) is 6.27. The average molecular weight is 131 g/mol. The van der Waals surface area contributed by atoms with Crippen molar-refractivity contribution in [3.63, 3.8) is 0 Å². The smallest absolute Gasteiger partial charge is 0.278 e. The second kappa shape index (κ2) is 3.45. The summed E-state index contributed by atoms with van der Waals surface area (Å²) in [5.74, 6) is 0.343. The summed E-state index contributed by atoms with van der Waals surface area (Å²) in [6.07, 6.45) is 0. The van der Waals surface area contributed by atoms with Crippen molar-refractivity contribution < 1.29 is 10.5 Å². The minimum atomic E-state index is -0.116. The Morgan fingerprint density at radius 3 is 2.11 bits per heavy atom. The maximum atomic E-state index is 10.8. The van der Waals surface area contributed by atoms with Crippen LogP contribution in [0.1, 0.15) is 13.8 Å². The average Bonchev–Trinajstić information content (AvgIpc) is 1.84. The Labute approximate surface area is 55.6 Å². The maximum Gasteiger partial charge on any atom is 0.278 e. The summed E-state index contributed by atoms with van der Waals surface area (Å²) in [4.78, 5) is 10.8. The van der Waals surface area contributed by atoms with E-state index in [2.05, 4.69) is 11.1 Å². The SMILES string of the molecule is CNC(=O)C([NH3+])C(C)C. The van der Waals surface area contributed by atoms with Crippen LogP contribution in [-0.4, -0.2) is 19.0 Å². The van der Waals surface area contributed by atoms with Gasteiger partial charge in [-0.3, -0.25) is 4.79 Å². The number of rotatable bonds is 2. The number of hydrogen-bond acceptors (Lipinski definition) is 1. The number of nitrogens with one attached hydrogen (secondary N) is 1. The van der Waals surface area contributed by atoms with E-state index in [9.17, 15) is 4.79 Å². The summed E-state index contributed by atoms with van der Waals surface area (Å²) in [6, 6.07) is -0.116. The first-order valence-electron chi connectivity index (χ1n) is 3.14. The van der Waals surface area contributed by atoms with E-state index in [1.807, 2.05) is 13.8 Å². The van der Waals surface area contributed by atoms with Crippen LogP contribution < -0.4 is 11.1 Å². The molecule has 0 aliphatic carbocycles. The summed E-state index contributed by atoms with van der Waals surface area (Å²) in [5.41, 5.74) is 3.70. The summed E-state index contributed by atoms with van der Waals surface area (Å²) in [6.45, 7) is 3.96. The third-order valence-electron chi connectivity index (χ3n) is 1.39. The van der Waals surface area contributed by atoms with Gasteiger partial charge in [0.25, 0.3) is 5.91 Å². The molecule has 0 fully saturated rings. The molecule has 1 unspecified atom stereocenters. The van der Waals surface area contributed by atoms with Crippen LogP contribution in [0, 0.1) is 5.92 Å². The Balaban J connectivity index is 3.72. The molecule has 0 heterocycles. The van der Waals surface area contributed by atoms with Crippen LogP contribution >= 0.6 is 0 Å². The molecule has 0 spiro atoms. The molecule has 0 aliphatic heterocycles. The first-order valence-corrected chi connectivity index (χ1v) is 3.14. The van der Waals surface area contributed by atoms with Gasteiger partial charge >= 0.3 is 0 Å². The number of amides is 1. The lowest BCUT2D eigenvalue weighted by molar-refractivity contribution is -0.414. The van der Waals surface area contributed by atoms with E-state index in [-0.39, 0.29) is 11.9 Å². The number of hydrogen-bond donors (Lipinski definition) is 2. The molecule has 3 heteroatoms. The van der Waals surface area contributed by atoms with Crippen molar-refractivity contribution in [1.82, 2.24) is 5.32 Å². The van der Waals surface area contributed by atoms with Crippen molar-refractivity contribution >= 4 is 5.91 Å². The molecule has 3 nitrogen and oxygen atoms in total. The van der Waals surface area contributed by atoms with Crippen LogP contribution in [0.2, 0.25) is 0 Å². The molecule has 1 atom stereocenters. The van der Waals surface area contributed by atoms with Crippen LogP contribution in [0.5, 0.6) is 0 Å². The van der Waals surface area contributed by atoms with Crippen molar-refractivity contribution in [3.05, 3.63) is 0 Å². The fraction of sp³-hybridized carbons (Fsp3) is 0.833. The summed E-state index contributed by atoms with van der Waals surface area (Å²) in [5, 5.41) is 2.54. The van der Waals surface area contributed by atoms with E-state index in [0.29, 0.717) is 5.92 Å². The summed E-state index contributed by atoms with van der Waals surface area (Å²) < 4.78 is 0. The number of carbonyl (C=O) groups excluding carboxylic acids is 1. The second-order valence-corrected chi connectivity index (χ2v) is 2.46. The zero-order chi connectivity index (χ0) is 7.44. The zero-order valence-electron chi connectivity index (χ0n) is 6.27. The van der Waals surface area contributed by atoms with Crippen LogP contribution in [0.15, 0.2) is 0 Å². The quantitative estimate of drug-likeness (QED) is 0.496. The molecular formula is C6H15N2O+. The van der Waals surface area contributed by atoms with Crippen molar-refractivity contribution in [2.24, 2.45) is 5.92 Å². The van der Waals surface area contributed by atoms with Crippen LogP contribution in [0.25, 0.3) is 0 Å². The standard InChI is InChI=1S/C6H14N2O/c1-4(2)5(7)6(9)8-3/h4-5H,7H2,1-3H3,(H,8,9)/p+1. The van der Waals surface area contributed by atoms with E-state index in [1.165, 1.54) is 0 Å². The van der Waals surface area contributed by atoms with Gasteiger partial charge in [-0.25, -0.2) is 0 Å². The Morgan fingerprint density at radius 1 is 1.56 bits per heavy atom. The van der Waals surface area contributed by atoms with Crippen molar-refractivity contribution in [1.29, 1.82) is 0 Å². The van der Waals surface area contributed by atoms with Crippen molar-refractivity contribution in [3.8, 4) is 0 Å². The Morgan fingerprint density at radius 2 is 2.00 bits per heavy atom. The minimum absolute atomic E-state index is 0.0185. The molecular weight excluding hydrogens is 116 g/mol. The van der Waals surface area contributed by atoms with Gasteiger partial charge in [0.2, 0.25) is 0 Å². The summed E-state index contributed by atoms with van der Waals surface area (Å²) in [7, 11) is 1.63. The number of carbonyl (C=O) groups is 1. The second-order valence-electron chi connectivity index (χ2n) is 2.46. The fourth-order valence-corrected chi connectivity index (χ4v) is 0.488. The molecule has 9 heavy (non-hydrogen) atoms. The molecule has 0 radical (unpaired) electrons. The van der Waals surface area contributed by atoms with E-state index >= 15 is 0 Å². The van der Waals surface area contributed by atoms with Gasteiger partial charge < -0.3 is 11.1 Å². The largest absolute Gasteiger partial charge is 0.354 e. The first-order chi connectivity index (χ1) is 4.09. The highest BCUT2D eigenvalue weighted by molar-refractivity contribution is 5.79. The molecule has 0 aromatic carbocycles. The van der Waals surface area contributed by atoms with Crippen molar-refractivity contribution in [2.75, 3.05) is 7.05 Å². The molecule has 1 amide bonds. The van der Waals surface area contributed by atoms with Gasteiger partial charge in [-0.2, -0.15) is 0 Å². The Bertz CT molecular complexity index is 101. The third kappa shape index (κ3) is 2.46. The van der Waals surface area contributed by atoms with E-state index in [0.717, 1.165) is 0 Å². The Kier molecular flexibility index (Phi) is 3.24. The van der Waals surface area contributed by atoms with E-state index in [4.69, 9.17) is 0 Å². The van der Waals surface area contributed by atoms with Gasteiger partial charge in [0.1, 0.15) is 0 Å². The van der Waals surface area contributed by atoms with E-state index in [1.54, 1.807) is 7.05 Å². The third-order valence-corrected chi connectivity index (χ3v) is 1.39. The molecule has 0 saturated carbocycles. The Hall–Kier alpha value is -0.570. The molecule has 0 aromatic heterocycles. The molecule has 0 rings (SSSR count).